The van der Waals surface area contributed by atoms with Gasteiger partial charge in [-0.05, 0) is 60.2 Å². The van der Waals surface area contributed by atoms with Crippen LogP contribution in [0, 0.1) is 11.7 Å². The minimum Gasteiger partial charge on any atom is -0.326 e. The Morgan fingerprint density at radius 1 is 0.865 bits per heavy atom. The molecular formula is C24H13Cl5F4N2O2. The van der Waals surface area contributed by atoms with E-state index in [-0.39, 0.29) is 16.4 Å². The summed E-state index contributed by atoms with van der Waals surface area (Å²) in [6, 6.07) is 10.6. The standard InChI is InChI=1S/C24H13Cl5F4N2O2/c25-12-5-11(6-13(26)8-12)19-20(23(19,28)29)22(37)34-14-2-3-16(27)18(9-14)35-21(36)10-1-4-17(30)15(7-10)24(31,32)33/h1-9,19-20H,(H,34,37)(H,35,36). The van der Waals surface area contributed by atoms with Gasteiger partial charge in [0.2, 0.25) is 5.91 Å². The van der Waals surface area contributed by atoms with Crippen molar-refractivity contribution < 1.29 is 27.2 Å². The molecule has 2 N–H and O–H groups in total. The molecule has 1 aliphatic rings. The van der Waals surface area contributed by atoms with Gasteiger partial charge < -0.3 is 10.6 Å². The van der Waals surface area contributed by atoms with Crippen molar-refractivity contribution in [2.75, 3.05) is 10.6 Å². The Kier molecular flexibility index (Phi) is 7.63. The summed E-state index contributed by atoms with van der Waals surface area (Å²) in [6.45, 7) is 0. The predicted molar refractivity (Wildman–Crippen MR) is 137 cm³/mol. The maximum Gasteiger partial charge on any atom is 0.419 e. The molecule has 0 bridgehead atoms. The van der Waals surface area contributed by atoms with Crippen LogP contribution in [0.1, 0.15) is 27.4 Å². The number of carbonyl (C=O) groups excluding carboxylic acids is 2. The first-order valence-corrected chi connectivity index (χ1v) is 12.2. The molecule has 0 radical (unpaired) electrons. The van der Waals surface area contributed by atoms with E-state index in [2.05, 4.69) is 10.6 Å². The van der Waals surface area contributed by atoms with Gasteiger partial charge >= 0.3 is 6.18 Å². The number of hydrogen-bond donors (Lipinski definition) is 2. The highest BCUT2D eigenvalue weighted by atomic mass is 35.5. The topological polar surface area (TPSA) is 58.2 Å². The van der Waals surface area contributed by atoms with Gasteiger partial charge in [-0.25, -0.2) is 4.39 Å². The Balaban J connectivity index is 1.51. The van der Waals surface area contributed by atoms with Gasteiger partial charge in [-0.3, -0.25) is 9.59 Å². The Hall–Kier alpha value is -2.23. The van der Waals surface area contributed by atoms with Gasteiger partial charge in [-0.1, -0.05) is 34.8 Å². The minimum absolute atomic E-state index is 0.0145. The van der Waals surface area contributed by atoms with Gasteiger partial charge in [0.25, 0.3) is 5.91 Å². The van der Waals surface area contributed by atoms with Crippen LogP contribution in [0.5, 0.6) is 0 Å². The van der Waals surface area contributed by atoms with Crippen LogP contribution in [0.15, 0.2) is 54.6 Å². The van der Waals surface area contributed by atoms with E-state index in [4.69, 9.17) is 58.0 Å². The van der Waals surface area contributed by atoms with E-state index in [9.17, 15) is 27.2 Å². The number of carbonyl (C=O) groups is 2. The lowest BCUT2D eigenvalue weighted by atomic mass is 10.1. The fourth-order valence-electron chi connectivity index (χ4n) is 3.82. The highest BCUT2D eigenvalue weighted by Crippen LogP contribution is 2.65. The highest BCUT2D eigenvalue weighted by Gasteiger charge is 2.67. The first-order chi connectivity index (χ1) is 17.2. The Bertz CT molecular complexity index is 1390. The van der Waals surface area contributed by atoms with E-state index in [0.717, 1.165) is 6.07 Å². The molecule has 2 atom stereocenters. The molecule has 1 aliphatic carbocycles. The summed E-state index contributed by atoms with van der Waals surface area (Å²) in [6.07, 6.45) is -4.99. The van der Waals surface area contributed by atoms with E-state index in [0.29, 0.717) is 27.7 Å². The first kappa shape index (κ1) is 27.8. The van der Waals surface area contributed by atoms with E-state index in [1.807, 2.05) is 0 Å². The molecule has 2 unspecified atom stereocenters. The quantitative estimate of drug-likeness (QED) is 0.223. The molecule has 4 nitrogen and oxygen atoms in total. The fraction of sp³-hybridized carbons (Fsp3) is 0.167. The Morgan fingerprint density at radius 3 is 2.14 bits per heavy atom. The lowest BCUT2D eigenvalue weighted by Gasteiger charge is -2.12. The number of halogens is 9. The van der Waals surface area contributed by atoms with Crippen LogP contribution >= 0.6 is 58.0 Å². The second-order valence-corrected chi connectivity index (χ2v) is 10.9. The molecule has 2 amide bonds. The maximum atomic E-state index is 13.5. The molecule has 3 aromatic rings. The molecule has 194 valence electrons. The smallest absolute Gasteiger partial charge is 0.326 e. The lowest BCUT2D eigenvalue weighted by molar-refractivity contribution is -0.140. The van der Waals surface area contributed by atoms with Gasteiger partial charge in [-0.15, -0.1) is 23.2 Å². The number of rotatable bonds is 5. The van der Waals surface area contributed by atoms with Crippen LogP contribution in [0.25, 0.3) is 0 Å². The van der Waals surface area contributed by atoms with Crippen LogP contribution in [0.2, 0.25) is 15.1 Å². The van der Waals surface area contributed by atoms with Crippen molar-refractivity contribution in [3.63, 3.8) is 0 Å². The third-order valence-electron chi connectivity index (χ3n) is 5.60. The summed E-state index contributed by atoms with van der Waals surface area (Å²) in [5.74, 6) is -4.49. The molecule has 0 heterocycles. The molecule has 0 aromatic heterocycles. The summed E-state index contributed by atoms with van der Waals surface area (Å²) < 4.78 is 51.1. The SMILES string of the molecule is O=C(Nc1cc(NC(=O)C2C(c3cc(Cl)cc(Cl)c3)C2(Cl)Cl)ccc1Cl)c1ccc(F)c(C(F)(F)F)c1. The maximum absolute atomic E-state index is 13.5. The molecule has 0 saturated heterocycles. The fourth-order valence-corrected chi connectivity index (χ4v) is 5.36. The van der Waals surface area contributed by atoms with E-state index < -0.39 is 51.1 Å². The predicted octanol–water partition coefficient (Wildman–Crippen LogP) is 8.58. The van der Waals surface area contributed by atoms with Gasteiger partial charge in [0, 0.05) is 27.2 Å². The molecule has 0 spiro atoms. The first-order valence-electron chi connectivity index (χ1n) is 10.3. The summed E-state index contributed by atoms with van der Waals surface area (Å²) in [5.41, 5.74) is -1.28. The van der Waals surface area contributed by atoms with Gasteiger partial charge in [0.1, 0.15) is 10.2 Å². The molecule has 0 aliphatic heterocycles. The third-order valence-corrected chi connectivity index (χ3v) is 7.30. The number of nitrogens with one attached hydrogen (secondary N) is 2. The van der Waals surface area contributed by atoms with Crippen molar-refractivity contribution in [3.8, 4) is 0 Å². The monoisotopic (exact) mass is 612 g/mol. The van der Waals surface area contributed by atoms with E-state index >= 15 is 0 Å². The molecule has 4 rings (SSSR count). The van der Waals surface area contributed by atoms with Gasteiger partial charge in [-0.2, -0.15) is 13.2 Å². The second kappa shape index (κ2) is 10.2. The number of hydrogen-bond acceptors (Lipinski definition) is 2. The minimum atomic E-state index is -4.99. The number of alkyl halides is 5. The van der Waals surface area contributed by atoms with Crippen molar-refractivity contribution >= 4 is 81.2 Å². The van der Waals surface area contributed by atoms with Crippen LogP contribution in [-0.2, 0) is 11.0 Å². The van der Waals surface area contributed by atoms with E-state index in [1.165, 1.54) is 24.3 Å². The number of amides is 2. The summed E-state index contributed by atoms with van der Waals surface area (Å²) in [7, 11) is 0. The zero-order valence-electron chi connectivity index (χ0n) is 18.1. The average molecular weight is 615 g/mol. The van der Waals surface area contributed by atoms with Crippen LogP contribution < -0.4 is 10.6 Å². The number of benzene rings is 3. The third kappa shape index (κ3) is 5.94. The normalized spacial score (nSPS) is 18.3. The average Bonchev–Trinajstić information content (AvgIpc) is 3.37. The zero-order chi connectivity index (χ0) is 27.3. The Morgan fingerprint density at radius 2 is 1.51 bits per heavy atom. The summed E-state index contributed by atoms with van der Waals surface area (Å²) in [4.78, 5) is 25.5. The van der Waals surface area contributed by atoms with Crippen molar-refractivity contribution in [3.05, 3.63) is 92.2 Å². The number of anilines is 2. The van der Waals surface area contributed by atoms with Crippen molar-refractivity contribution in [1.82, 2.24) is 0 Å². The van der Waals surface area contributed by atoms with Crippen molar-refractivity contribution in [2.24, 2.45) is 5.92 Å². The van der Waals surface area contributed by atoms with Gasteiger partial charge in [0.15, 0.2) is 0 Å². The molecule has 3 aromatic carbocycles. The molecule has 13 heteroatoms. The van der Waals surface area contributed by atoms with Crippen molar-refractivity contribution in [2.45, 2.75) is 16.4 Å². The largest absolute Gasteiger partial charge is 0.419 e. The summed E-state index contributed by atoms with van der Waals surface area (Å²) in [5, 5.41) is 5.70. The molecule has 1 saturated carbocycles. The van der Waals surface area contributed by atoms with E-state index in [1.54, 1.807) is 12.1 Å². The van der Waals surface area contributed by atoms with Crippen molar-refractivity contribution in [1.29, 1.82) is 0 Å². The molecule has 1 fully saturated rings. The van der Waals surface area contributed by atoms with Gasteiger partial charge in [0.05, 0.1) is 22.2 Å². The Labute approximate surface area is 232 Å². The molecule has 37 heavy (non-hydrogen) atoms. The highest BCUT2D eigenvalue weighted by molar-refractivity contribution is 6.53. The zero-order valence-corrected chi connectivity index (χ0v) is 21.8. The summed E-state index contributed by atoms with van der Waals surface area (Å²) >= 11 is 30.9. The second-order valence-electron chi connectivity index (χ2n) is 8.16. The van der Waals surface area contributed by atoms with Crippen LogP contribution in [0.4, 0.5) is 28.9 Å². The van der Waals surface area contributed by atoms with Crippen LogP contribution in [0.3, 0.4) is 0 Å². The van der Waals surface area contributed by atoms with Crippen LogP contribution in [-0.4, -0.2) is 16.1 Å². The lowest BCUT2D eigenvalue weighted by Crippen LogP contribution is -2.18. The molecular weight excluding hydrogens is 602 g/mol.